The largest absolute Gasteiger partial charge is 0.309 e. The number of amides is 1. The summed E-state index contributed by atoms with van der Waals surface area (Å²) in [5.74, 6) is 0.391. The molecule has 0 aliphatic carbocycles. The van der Waals surface area contributed by atoms with Crippen molar-refractivity contribution in [3.63, 3.8) is 0 Å². The molecule has 0 fully saturated rings. The van der Waals surface area contributed by atoms with Gasteiger partial charge in [-0.2, -0.15) is 5.10 Å². The molecule has 1 aromatic carbocycles. The van der Waals surface area contributed by atoms with Crippen molar-refractivity contribution in [1.29, 1.82) is 0 Å². The first-order valence-corrected chi connectivity index (χ1v) is 9.84. The molecule has 0 saturated carbocycles. The Kier molecular flexibility index (Phi) is 4.64. The van der Waals surface area contributed by atoms with E-state index < -0.39 is 0 Å². The monoisotopic (exact) mass is 380 g/mol. The molecule has 26 heavy (non-hydrogen) atoms. The van der Waals surface area contributed by atoms with Gasteiger partial charge in [0.15, 0.2) is 5.82 Å². The van der Waals surface area contributed by atoms with Crippen molar-refractivity contribution in [1.82, 2.24) is 15.2 Å². The summed E-state index contributed by atoms with van der Waals surface area (Å²) in [5.41, 5.74) is 3.94. The second-order valence-electron chi connectivity index (χ2n) is 5.88. The van der Waals surface area contributed by atoms with E-state index in [0.717, 1.165) is 26.8 Å². The molecule has 0 atom stereocenters. The molecular formula is C19H16N4OS2. The maximum Gasteiger partial charge on any atom is 0.231 e. The Morgan fingerprint density at radius 3 is 2.81 bits per heavy atom. The highest BCUT2D eigenvalue weighted by Gasteiger charge is 2.11. The van der Waals surface area contributed by atoms with Crippen LogP contribution in [-0.2, 0) is 11.2 Å². The number of hydrogen-bond acceptors (Lipinski definition) is 5. The van der Waals surface area contributed by atoms with Crippen molar-refractivity contribution in [2.75, 3.05) is 5.32 Å². The van der Waals surface area contributed by atoms with E-state index in [9.17, 15) is 4.79 Å². The van der Waals surface area contributed by atoms with Gasteiger partial charge in [-0.15, -0.1) is 22.7 Å². The maximum absolute atomic E-state index is 12.3. The number of benzene rings is 1. The van der Waals surface area contributed by atoms with Crippen LogP contribution in [0.2, 0.25) is 0 Å². The predicted octanol–water partition coefficient (Wildman–Crippen LogP) is 4.75. The molecule has 3 aromatic heterocycles. The summed E-state index contributed by atoms with van der Waals surface area (Å²) in [6, 6.07) is 14.0. The van der Waals surface area contributed by atoms with Crippen LogP contribution in [0.1, 0.15) is 11.3 Å². The molecular weight excluding hydrogens is 364 g/mol. The predicted molar refractivity (Wildman–Crippen MR) is 107 cm³/mol. The third-order valence-corrected chi connectivity index (χ3v) is 5.67. The lowest BCUT2D eigenvalue weighted by Crippen LogP contribution is -2.14. The molecule has 0 radical (unpaired) electrons. The summed E-state index contributed by atoms with van der Waals surface area (Å²) in [7, 11) is 0. The molecule has 0 saturated heterocycles. The fourth-order valence-electron chi connectivity index (χ4n) is 2.51. The topological polar surface area (TPSA) is 70.7 Å². The van der Waals surface area contributed by atoms with Crippen LogP contribution in [0.4, 0.5) is 5.82 Å². The number of nitrogens with one attached hydrogen (secondary N) is 2. The van der Waals surface area contributed by atoms with Crippen molar-refractivity contribution < 1.29 is 4.79 Å². The maximum atomic E-state index is 12.3. The van der Waals surface area contributed by atoms with Crippen molar-refractivity contribution >= 4 is 34.4 Å². The van der Waals surface area contributed by atoms with Gasteiger partial charge in [0.25, 0.3) is 0 Å². The Bertz CT molecular complexity index is 1020. The number of hydrogen-bond donors (Lipinski definition) is 2. The molecule has 1 amide bonds. The number of thiazole rings is 1. The molecule has 0 unspecified atom stereocenters. The van der Waals surface area contributed by atoms with Crippen molar-refractivity contribution in [3.8, 4) is 21.1 Å². The van der Waals surface area contributed by atoms with Crippen molar-refractivity contribution in [3.05, 3.63) is 64.5 Å². The molecule has 0 spiro atoms. The number of anilines is 1. The number of carbonyl (C=O) groups excluding carboxylic acids is 1. The lowest BCUT2D eigenvalue weighted by atomic mass is 10.2. The molecule has 5 nitrogen and oxygen atoms in total. The second-order valence-corrected chi connectivity index (χ2v) is 7.68. The standard InChI is InChI=1S/C19H16N4OS2/c1-12-4-6-13(7-5-12)19-20-14(11-26-19)9-18(24)21-17-10-15(22-23-17)16-3-2-8-25-16/h2-8,10-11H,9H2,1H3,(H2,21,22,23,24). The van der Waals surface area contributed by atoms with E-state index in [1.54, 1.807) is 22.7 Å². The van der Waals surface area contributed by atoms with Crippen molar-refractivity contribution in [2.45, 2.75) is 13.3 Å². The van der Waals surface area contributed by atoms with Crippen LogP contribution < -0.4 is 5.32 Å². The minimum absolute atomic E-state index is 0.130. The molecule has 0 aliphatic rings. The zero-order valence-electron chi connectivity index (χ0n) is 14.0. The van der Waals surface area contributed by atoms with Gasteiger partial charge in [-0.25, -0.2) is 4.98 Å². The second kappa shape index (κ2) is 7.23. The quantitative estimate of drug-likeness (QED) is 0.525. The fourth-order valence-corrected chi connectivity index (χ4v) is 4.03. The minimum Gasteiger partial charge on any atom is -0.309 e. The van der Waals surface area contributed by atoms with Gasteiger partial charge >= 0.3 is 0 Å². The van der Waals surface area contributed by atoms with E-state index >= 15 is 0 Å². The Labute approximate surface area is 158 Å². The Morgan fingerprint density at radius 2 is 2.04 bits per heavy atom. The normalized spacial score (nSPS) is 10.8. The summed E-state index contributed by atoms with van der Waals surface area (Å²) >= 11 is 3.17. The molecule has 0 bridgehead atoms. The first kappa shape index (κ1) is 16.7. The first-order chi connectivity index (χ1) is 12.7. The number of aryl methyl sites for hydroxylation is 1. The van der Waals surface area contributed by atoms with E-state index in [-0.39, 0.29) is 12.3 Å². The Hall–Kier alpha value is -2.77. The third kappa shape index (κ3) is 3.74. The number of aromatic nitrogens is 3. The van der Waals surface area contributed by atoms with Gasteiger partial charge in [0.05, 0.1) is 22.7 Å². The smallest absolute Gasteiger partial charge is 0.231 e. The number of H-pyrrole nitrogens is 1. The van der Waals surface area contributed by atoms with Gasteiger partial charge in [0, 0.05) is 17.0 Å². The summed E-state index contributed by atoms with van der Waals surface area (Å²) in [4.78, 5) is 17.9. The van der Waals surface area contributed by atoms with Crippen LogP contribution in [0.15, 0.2) is 53.2 Å². The van der Waals surface area contributed by atoms with Gasteiger partial charge in [-0.3, -0.25) is 9.89 Å². The number of aromatic amines is 1. The highest BCUT2D eigenvalue weighted by Crippen LogP contribution is 2.25. The third-order valence-electron chi connectivity index (χ3n) is 3.82. The first-order valence-electron chi connectivity index (χ1n) is 8.08. The molecule has 2 N–H and O–H groups in total. The summed E-state index contributed by atoms with van der Waals surface area (Å²) in [6.45, 7) is 2.06. The molecule has 3 heterocycles. The zero-order valence-corrected chi connectivity index (χ0v) is 15.7. The van der Waals surface area contributed by atoms with E-state index in [4.69, 9.17) is 0 Å². The van der Waals surface area contributed by atoms with Gasteiger partial charge in [0.1, 0.15) is 5.01 Å². The lowest BCUT2D eigenvalue weighted by Gasteiger charge is -1.99. The molecule has 7 heteroatoms. The van der Waals surface area contributed by atoms with Crippen LogP contribution in [0.5, 0.6) is 0 Å². The zero-order chi connectivity index (χ0) is 17.9. The number of carbonyl (C=O) groups is 1. The van der Waals surface area contributed by atoms with Gasteiger partial charge in [-0.1, -0.05) is 35.9 Å². The highest BCUT2D eigenvalue weighted by atomic mass is 32.1. The Balaban J connectivity index is 1.40. The SMILES string of the molecule is Cc1ccc(-c2nc(CC(=O)Nc3cc(-c4cccs4)[nH]n3)cs2)cc1. The molecule has 4 aromatic rings. The summed E-state index contributed by atoms with van der Waals surface area (Å²) in [6.07, 6.45) is 0.226. The lowest BCUT2D eigenvalue weighted by molar-refractivity contribution is -0.115. The Morgan fingerprint density at radius 1 is 1.19 bits per heavy atom. The summed E-state index contributed by atoms with van der Waals surface area (Å²) in [5, 5.41) is 14.8. The molecule has 4 rings (SSSR count). The fraction of sp³-hybridized carbons (Fsp3) is 0.105. The summed E-state index contributed by atoms with van der Waals surface area (Å²) < 4.78 is 0. The van der Waals surface area contributed by atoms with Crippen LogP contribution >= 0.6 is 22.7 Å². The highest BCUT2D eigenvalue weighted by molar-refractivity contribution is 7.13. The van der Waals surface area contributed by atoms with E-state index in [1.807, 2.05) is 41.1 Å². The minimum atomic E-state index is -0.130. The molecule has 0 aliphatic heterocycles. The van der Waals surface area contributed by atoms with Crippen LogP contribution in [-0.4, -0.2) is 21.1 Å². The van der Waals surface area contributed by atoms with Gasteiger partial charge < -0.3 is 5.32 Å². The van der Waals surface area contributed by atoms with E-state index in [2.05, 4.69) is 39.6 Å². The van der Waals surface area contributed by atoms with Crippen molar-refractivity contribution in [2.24, 2.45) is 0 Å². The number of nitrogens with zero attached hydrogens (tertiary/aromatic N) is 2. The van der Waals surface area contributed by atoms with Crippen LogP contribution in [0.3, 0.4) is 0 Å². The van der Waals surface area contributed by atoms with Gasteiger partial charge in [0.2, 0.25) is 5.91 Å². The molecule has 130 valence electrons. The average Bonchev–Trinajstić information content (AvgIpc) is 3.36. The number of thiophene rings is 1. The van der Waals surface area contributed by atoms with E-state index in [0.29, 0.717) is 5.82 Å². The van der Waals surface area contributed by atoms with Gasteiger partial charge in [-0.05, 0) is 18.4 Å². The average molecular weight is 380 g/mol. The number of rotatable bonds is 5. The van der Waals surface area contributed by atoms with Crippen LogP contribution in [0.25, 0.3) is 21.1 Å². The van der Waals surface area contributed by atoms with Crippen LogP contribution in [0, 0.1) is 6.92 Å². The van der Waals surface area contributed by atoms with E-state index in [1.165, 1.54) is 5.56 Å².